The van der Waals surface area contributed by atoms with Crippen LogP contribution in [0.3, 0.4) is 0 Å². The number of carbonyl (C=O) groups excluding carboxylic acids is 1. The zero-order chi connectivity index (χ0) is 15.1. The topological polar surface area (TPSA) is 124 Å². The van der Waals surface area contributed by atoms with Gasteiger partial charge in [0.15, 0.2) is 0 Å². The van der Waals surface area contributed by atoms with Crippen LogP contribution < -0.4 is 16.2 Å². The second-order valence-electron chi connectivity index (χ2n) is 4.03. The quantitative estimate of drug-likeness (QED) is 0.657. The van der Waals surface area contributed by atoms with Gasteiger partial charge in [0, 0.05) is 25.4 Å². The number of amides is 1. The summed E-state index contributed by atoms with van der Waals surface area (Å²) in [7, 11) is 0. The average molecular weight is 284 g/mol. The van der Waals surface area contributed by atoms with Crippen LogP contribution in [-0.2, 0) is 0 Å². The fourth-order valence-electron chi connectivity index (χ4n) is 1.49. The first-order valence-electron chi connectivity index (χ1n) is 6.13. The highest BCUT2D eigenvalue weighted by Gasteiger charge is 2.05. The van der Waals surface area contributed by atoms with E-state index >= 15 is 0 Å². The molecule has 0 radical (unpaired) electrons. The third-order valence-corrected chi connectivity index (χ3v) is 2.52. The summed E-state index contributed by atoms with van der Waals surface area (Å²) in [6.07, 6.45) is 1.46. The van der Waals surface area contributed by atoms with Gasteiger partial charge < -0.3 is 10.6 Å². The predicted octanol–water partition coefficient (Wildman–Crippen LogP) is -0.122. The van der Waals surface area contributed by atoms with Gasteiger partial charge >= 0.3 is 0 Å². The van der Waals surface area contributed by atoms with Gasteiger partial charge in [-0.05, 0) is 18.2 Å². The molecule has 0 aromatic carbocycles. The summed E-state index contributed by atoms with van der Waals surface area (Å²) in [6, 6.07) is 7.90. The molecule has 106 valence electrons. The Morgan fingerprint density at radius 3 is 2.76 bits per heavy atom. The van der Waals surface area contributed by atoms with Gasteiger partial charge in [-0.15, -0.1) is 0 Å². The van der Waals surface area contributed by atoms with Crippen molar-refractivity contribution in [2.24, 2.45) is 0 Å². The van der Waals surface area contributed by atoms with Crippen LogP contribution in [0.15, 0.2) is 35.3 Å². The van der Waals surface area contributed by atoms with Gasteiger partial charge in [-0.1, -0.05) is 0 Å². The van der Waals surface area contributed by atoms with E-state index in [9.17, 15) is 9.59 Å². The van der Waals surface area contributed by atoms with E-state index < -0.39 is 0 Å². The minimum atomic E-state index is -0.374. The Balaban J connectivity index is 1.76. The Hall–Kier alpha value is -3.21. The van der Waals surface area contributed by atoms with Crippen LogP contribution in [-0.4, -0.2) is 34.2 Å². The second kappa shape index (κ2) is 6.81. The molecule has 1 amide bonds. The molecule has 2 rings (SSSR count). The van der Waals surface area contributed by atoms with E-state index in [4.69, 9.17) is 5.26 Å². The standard InChI is InChI=1S/C13H12N6O2/c14-7-9-1-3-11(17-8-9)15-5-6-16-13(21)10-2-4-12(20)19-18-10/h1-4,8H,5-6H2,(H,15,17)(H,16,21)(H,19,20). The van der Waals surface area contributed by atoms with Gasteiger partial charge in [0.05, 0.1) is 5.56 Å². The molecule has 0 fully saturated rings. The molecule has 0 saturated heterocycles. The van der Waals surface area contributed by atoms with Crippen LogP contribution in [0.1, 0.15) is 16.1 Å². The molecule has 21 heavy (non-hydrogen) atoms. The zero-order valence-electron chi connectivity index (χ0n) is 11.0. The van der Waals surface area contributed by atoms with Crippen molar-refractivity contribution in [3.63, 3.8) is 0 Å². The number of nitriles is 1. The van der Waals surface area contributed by atoms with Gasteiger partial charge in [0.2, 0.25) is 0 Å². The van der Waals surface area contributed by atoms with Crippen molar-refractivity contribution >= 4 is 11.7 Å². The number of hydrogen-bond acceptors (Lipinski definition) is 6. The predicted molar refractivity (Wildman–Crippen MR) is 74.6 cm³/mol. The average Bonchev–Trinajstić information content (AvgIpc) is 2.52. The molecule has 0 aliphatic carbocycles. The Morgan fingerprint density at radius 1 is 1.29 bits per heavy atom. The molecule has 0 unspecified atom stereocenters. The lowest BCUT2D eigenvalue weighted by Gasteiger charge is -2.06. The smallest absolute Gasteiger partial charge is 0.271 e. The lowest BCUT2D eigenvalue weighted by Crippen LogP contribution is -2.30. The number of pyridine rings is 1. The summed E-state index contributed by atoms with van der Waals surface area (Å²) < 4.78 is 0. The normalized spacial score (nSPS) is 9.67. The summed E-state index contributed by atoms with van der Waals surface area (Å²) in [6.45, 7) is 0.829. The van der Waals surface area contributed by atoms with Crippen molar-refractivity contribution in [2.45, 2.75) is 0 Å². The van der Waals surface area contributed by atoms with E-state index in [0.717, 1.165) is 0 Å². The number of anilines is 1. The minimum Gasteiger partial charge on any atom is -0.368 e. The fraction of sp³-hybridized carbons (Fsp3) is 0.154. The lowest BCUT2D eigenvalue weighted by molar-refractivity contribution is 0.0949. The first kappa shape index (κ1) is 14.2. The third kappa shape index (κ3) is 4.14. The molecule has 2 aromatic heterocycles. The molecule has 0 aliphatic heterocycles. The van der Waals surface area contributed by atoms with Crippen molar-refractivity contribution in [3.05, 3.63) is 52.1 Å². The molecule has 0 aliphatic rings. The first-order chi connectivity index (χ1) is 10.2. The SMILES string of the molecule is N#Cc1ccc(NCCNC(=O)c2ccc(=O)[nH]n2)nc1. The molecule has 3 N–H and O–H groups in total. The van der Waals surface area contributed by atoms with E-state index in [1.807, 2.05) is 6.07 Å². The molecule has 0 bridgehead atoms. The number of hydrogen-bond donors (Lipinski definition) is 3. The highest BCUT2D eigenvalue weighted by atomic mass is 16.2. The number of nitrogens with zero attached hydrogens (tertiary/aromatic N) is 3. The number of H-pyrrole nitrogens is 1. The van der Waals surface area contributed by atoms with Crippen LogP contribution in [0, 0.1) is 11.3 Å². The van der Waals surface area contributed by atoms with Crippen LogP contribution in [0.5, 0.6) is 0 Å². The van der Waals surface area contributed by atoms with E-state index in [-0.39, 0.29) is 17.2 Å². The van der Waals surface area contributed by atoms with Gasteiger partial charge in [0.1, 0.15) is 17.6 Å². The largest absolute Gasteiger partial charge is 0.368 e. The number of carbonyl (C=O) groups is 1. The van der Waals surface area contributed by atoms with Crippen molar-refractivity contribution in [3.8, 4) is 6.07 Å². The zero-order valence-corrected chi connectivity index (χ0v) is 11.0. The molecule has 2 heterocycles. The Labute approximate surface area is 119 Å². The Kier molecular flexibility index (Phi) is 4.61. The Bertz CT molecular complexity index is 696. The van der Waals surface area contributed by atoms with Gasteiger partial charge in [0.25, 0.3) is 11.5 Å². The molecule has 2 aromatic rings. The second-order valence-corrected chi connectivity index (χ2v) is 4.03. The molecular weight excluding hydrogens is 272 g/mol. The summed E-state index contributed by atoms with van der Waals surface area (Å²) in [5, 5.41) is 20.1. The van der Waals surface area contributed by atoms with Crippen LogP contribution >= 0.6 is 0 Å². The summed E-state index contributed by atoms with van der Waals surface area (Å²) >= 11 is 0. The van der Waals surface area contributed by atoms with E-state index in [1.165, 1.54) is 18.3 Å². The number of rotatable bonds is 5. The van der Waals surface area contributed by atoms with Gasteiger partial charge in [-0.25, -0.2) is 10.1 Å². The molecule has 0 saturated carbocycles. The maximum absolute atomic E-state index is 11.7. The maximum atomic E-state index is 11.7. The van der Waals surface area contributed by atoms with Crippen molar-refractivity contribution in [2.75, 3.05) is 18.4 Å². The van der Waals surface area contributed by atoms with E-state index in [1.54, 1.807) is 12.1 Å². The fourth-order valence-corrected chi connectivity index (χ4v) is 1.49. The van der Waals surface area contributed by atoms with Gasteiger partial charge in [-0.2, -0.15) is 10.4 Å². The third-order valence-electron chi connectivity index (χ3n) is 2.52. The van der Waals surface area contributed by atoms with Gasteiger partial charge in [-0.3, -0.25) is 9.59 Å². The van der Waals surface area contributed by atoms with Crippen molar-refractivity contribution in [1.29, 1.82) is 5.26 Å². The maximum Gasteiger partial charge on any atom is 0.271 e. The van der Waals surface area contributed by atoms with E-state index in [2.05, 4.69) is 25.8 Å². The number of nitrogens with one attached hydrogen (secondary N) is 3. The highest BCUT2D eigenvalue weighted by Crippen LogP contribution is 2.02. The number of aromatic amines is 1. The Morgan fingerprint density at radius 2 is 2.14 bits per heavy atom. The lowest BCUT2D eigenvalue weighted by atomic mass is 10.3. The first-order valence-corrected chi connectivity index (χ1v) is 6.13. The van der Waals surface area contributed by atoms with Crippen molar-refractivity contribution in [1.82, 2.24) is 20.5 Å². The molecule has 0 atom stereocenters. The monoisotopic (exact) mass is 284 g/mol. The highest BCUT2D eigenvalue weighted by molar-refractivity contribution is 5.91. The summed E-state index contributed by atoms with van der Waals surface area (Å²) in [4.78, 5) is 26.5. The van der Waals surface area contributed by atoms with Crippen LogP contribution in [0.4, 0.5) is 5.82 Å². The summed E-state index contributed by atoms with van der Waals surface area (Å²) in [5.41, 5.74) is 0.268. The summed E-state index contributed by atoms with van der Waals surface area (Å²) in [5.74, 6) is 0.242. The molecule has 8 heteroatoms. The number of aromatic nitrogens is 3. The minimum absolute atomic E-state index is 0.145. The van der Waals surface area contributed by atoms with Crippen LogP contribution in [0.25, 0.3) is 0 Å². The van der Waals surface area contributed by atoms with Crippen molar-refractivity contribution < 1.29 is 4.79 Å². The molecule has 8 nitrogen and oxygen atoms in total. The molecule has 0 spiro atoms. The van der Waals surface area contributed by atoms with E-state index in [0.29, 0.717) is 24.5 Å². The molecular formula is C13H12N6O2. The van der Waals surface area contributed by atoms with Crippen LogP contribution in [0.2, 0.25) is 0 Å².